The molecule has 0 aliphatic heterocycles. The second-order valence-electron chi connectivity index (χ2n) is 2.42. The normalized spacial score (nSPS) is 8.36. The summed E-state index contributed by atoms with van der Waals surface area (Å²) in [5, 5.41) is 0. The lowest BCUT2D eigenvalue weighted by Gasteiger charge is -1.97. The summed E-state index contributed by atoms with van der Waals surface area (Å²) in [6, 6.07) is 6.04. The van der Waals surface area contributed by atoms with Crippen LogP contribution in [0.25, 0.3) is 0 Å². The molecule has 0 atom stereocenters. The lowest BCUT2D eigenvalue weighted by atomic mass is 10.1. The quantitative estimate of drug-likeness (QED) is 0.567. The molecule has 0 spiro atoms. The first-order chi connectivity index (χ1) is 5.18. The first-order valence-corrected chi connectivity index (χ1v) is 4.02. The summed E-state index contributed by atoms with van der Waals surface area (Å²) in [6.45, 7) is 8.09. The maximum atomic E-state index is 5.56. The van der Waals surface area contributed by atoms with Gasteiger partial charge in [-0.25, -0.2) is 0 Å². The summed E-state index contributed by atoms with van der Waals surface area (Å²) >= 11 is 0. The van der Waals surface area contributed by atoms with Gasteiger partial charge in [0, 0.05) is 5.69 Å². The molecule has 0 saturated heterocycles. The Balaban J connectivity index is 0.000000461. The molecular weight excluding hydrogens is 134 g/mol. The predicted octanol–water partition coefficient (Wildman–Crippen LogP) is 2.91. The standard InChI is InChI=1S/C8H11N.C2H6/c1-6-3-7(2)5-8(9)4-6;1-2/h3-5H,9H2,1-2H3;1-2H3. The molecule has 2 N–H and O–H groups in total. The van der Waals surface area contributed by atoms with Crippen LogP contribution in [0.2, 0.25) is 0 Å². The molecular formula is C10H17N. The molecule has 0 amide bonds. The van der Waals surface area contributed by atoms with Gasteiger partial charge in [0.1, 0.15) is 0 Å². The molecule has 1 nitrogen and oxygen atoms in total. The Labute approximate surface area is 69.2 Å². The smallest absolute Gasteiger partial charge is 0.0319 e. The number of anilines is 1. The van der Waals surface area contributed by atoms with E-state index in [1.165, 1.54) is 11.1 Å². The molecule has 0 aliphatic carbocycles. The van der Waals surface area contributed by atoms with Gasteiger partial charge in [-0.15, -0.1) is 0 Å². The van der Waals surface area contributed by atoms with Crippen molar-refractivity contribution < 1.29 is 0 Å². The molecule has 1 aromatic rings. The Kier molecular flexibility index (Phi) is 4.35. The fourth-order valence-electron chi connectivity index (χ4n) is 1.01. The van der Waals surface area contributed by atoms with Crippen molar-refractivity contribution in [1.29, 1.82) is 0 Å². The van der Waals surface area contributed by atoms with Crippen LogP contribution < -0.4 is 5.73 Å². The Morgan fingerprint density at radius 3 is 1.55 bits per heavy atom. The summed E-state index contributed by atoms with van der Waals surface area (Å²) in [6.07, 6.45) is 0. The van der Waals surface area contributed by atoms with Crippen LogP contribution in [0.3, 0.4) is 0 Å². The summed E-state index contributed by atoms with van der Waals surface area (Å²) in [4.78, 5) is 0. The third-order valence-corrected chi connectivity index (χ3v) is 1.24. The zero-order valence-electron chi connectivity index (χ0n) is 7.81. The largest absolute Gasteiger partial charge is 0.399 e. The van der Waals surface area contributed by atoms with Gasteiger partial charge in [-0.1, -0.05) is 19.9 Å². The second kappa shape index (κ2) is 4.78. The summed E-state index contributed by atoms with van der Waals surface area (Å²) in [7, 11) is 0. The summed E-state index contributed by atoms with van der Waals surface area (Å²) in [5.74, 6) is 0. The number of benzene rings is 1. The van der Waals surface area contributed by atoms with Crippen LogP contribution in [0.5, 0.6) is 0 Å². The lowest BCUT2D eigenvalue weighted by Crippen LogP contribution is -1.86. The third-order valence-electron chi connectivity index (χ3n) is 1.24. The highest BCUT2D eigenvalue weighted by Crippen LogP contribution is 2.08. The number of nitrogens with two attached hydrogens (primary N) is 1. The van der Waals surface area contributed by atoms with E-state index in [9.17, 15) is 0 Å². The van der Waals surface area contributed by atoms with Crippen molar-refractivity contribution >= 4 is 5.69 Å². The van der Waals surface area contributed by atoms with Crippen LogP contribution in [0.4, 0.5) is 5.69 Å². The Hall–Kier alpha value is -0.980. The van der Waals surface area contributed by atoms with Gasteiger partial charge in [-0.2, -0.15) is 0 Å². The van der Waals surface area contributed by atoms with E-state index < -0.39 is 0 Å². The number of hydrogen-bond acceptors (Lipinski definition) is 1. The minimum atomic E-state index is 0.854. The van der Waals surface area contributed by atoms with Gasteiger partial charge in [-0.3, -0.25) is 0 Å². The molecule has 11 heavy (non-hydrogen) atoms. The van der Waals surface area contributed by atoms with Gasteiger partial charge >= 0.3 is 0 Å². The molecule has 0 heterocycles. The average Bonchev–Trinajstić information content (AvgIpc) is 1.88. The molecule has 1 heteroatoms. The van der Waals surface area contributed by atoms with E-state index in [2.05, 4.69) is 6.07 Å². The summed E-state index contributed by atoms with van der Waals surface area (Å²) < 4.78 is 0. The van der Waals surface area contributed by atoms with Crippen LogP contribution in [-0.2, 0) is 0 Å². The number of hydrogen-bond donors (Lipinski definition) is 1. The maximum Gasteiger partial charge on any atom is 0.0319 e. The fraction of sp³-hybridized carbons (Fsp3) is 0.400. The first-order valence-electron chi connectivity index (χ1n) is 4.02. The van der Waals surface area contributed by atoms with E-state index in [1.54, 1.807) is 0 Å². The molecule has 0 aromatic heterocycles. The third kappa shape index (κ3) is 3.66. The van der Waals surface area contributed by atoms with E-state index in [-0.39, 0.29) is 0 Å². The van der Waals surface area contributed by atoms with E-state index in [0.29, 0.717) is 0 Å². The van der Waals surface area contributed by atoms with Gasteiger partial charge in [0.05, 0.1) is 0 Å². The monoisotopic (exact) mass is 151 g/mol. The molecule has 0 bridgehead atoms. The van der Waals surface area contributed by atoms with E-state index >= 15 is 0 Å². The van der Waals surface area contributed by atoms with Gasteiger partial charge in [0.15, 0.2) is 0 Å². The minimum absolute atomic E-state index is 0.854. The van der Waals surface area contributed by atoms with Gasteiger partial charge in [-0.05, 0) is 37.1 Å². The van der Waals surface area contributed by atoms with Gasteiger partial charge in [0.2, 0.25) is 0 Å². The SMILES string of the molecule is CC.Cc1cc(C)cc(N)c1. The highest BCUT2D eigenvalue weighted by molar-refractivity contribution is 5.43. The maximum absolute atomic E-state index is 5.56. The molecule has 0 unspecified atom stereocenters. The second-order valence-corrected chi connectivity index (χ2v) is 2.42. The van der Waals surface area contributed by atoms with Crippen molar-refractivity contribution in [3.8, 4) is 0 Å². The van der Waals surface area contributed by atoms with E-state index in [1.807, 2.05) is 39.8 Å². The zero-order chi connectivity index (χ0) is 8.85. The zero-order valence-corrected chi connectivity index (χ0v) is 7.81. The highest BCUT2D eigenvalue weighted by Gasteiger charge is 1.87. The van der Waals surface area contributed by atoms with Crippen molar-refractivity contribution in [3.63, 3.8) is 0 Å². The van der Waals surface area contributed by atoms with Gasteiger partial charge < -0.3 is 5.73 Å². The lowest BCUT2D eigenvalue weighted by molar-refractivity contribution is 1.39. The first kappa shape index (κ1) is 10.0. The Morgan fingerprint density at radius 2 is 1.27 bits per heavy atom. The fourth-order valence-corrected chi connectivity index (χ4v) is 1.01. The van der Waals surface area contributed by atoms with Crippen LogP contribution >= 0.6 is 0 Å². The van der Waals surface area contributed by atoms with E-state index in [0.717, 1.165) is 5.69 Å². The van der Waals surface area contributed by atoms with Gasteiger partial charge in [0.25, 0.3) is 0 Å². The highest BCUT2D eigenvalue weighted by atomic mass is 14.5. The van der Waals surface area contributed by atoms with Crippen molar-refractivity contribution in [2.24, 2.45) is 0 Å². The Morgan fingerprint density at radius 1 is 0.909 bits per heavy atom. The number of nitrogen functional groups attached to an aromatic ring is 1. The van der Waals surface area contributed by atoms with Crippen LogP contribution in [0.1, 0.15) is 25.0 Å². The molecule has 0 aliphatic rings. The molecule has 0 fully saturated rings. The molecule has 0 radical (unpaired) electrons. The van der Waals surface area contributed by atoms with Crippen molar-refractivity contribution in [2.75, 3.05) is 5.73 Å². The van der Waals surface area contributed by atoms with Crippen LogP contribution in [0, 0.1) is 13.8 Å². The topological polar surface area (TPSA) is 26.0 Å². The van der Waals surface area contributed by atoms with E-state index in [4.69, 9.17) is 5.73 Å². The molecule has 1 aromatic carbocycles. The summed E-state index contributed by atoms with van der Waals surface area (Å²) in [5.41, 5.74) is 8.87. The number of rotatable bonds is 0. The van der Waals surface area contributed by atoms with Crippen molar-refractivity contribution in [2.45, 2.75) is 27.7 Å². The average molecular weight is 151 g/mol. The Bertz CT molecular complexity index is 166. The van der Waals surface area contributed by atoms with Crippen molar-refractivity contribution in [1.82, 2.24) is 0 Å². The number of aryl methyl sites for hydroxylation is 2. The van der Waals surface area contributed by atoms with Crippen molar-refractivity contribution in [3.05, 3.63) is 29.3 Å². The minimum Gasteiger partial charge on any atom is -0.399 e. The predicted molar refractivity (Wildman–Crippen MR) is 51.7 cm³/mol. The molecule has 62 valence electrons. The van der Waals surface area contributed by atoms with Crippen LogP contribution in [0.15, 0.2) is 18.2 Å². The van der Waals surface area contributed by atoms with Crippen LogP contribution in [-0.4, -0.2) is 0 Å². The molecule has 1 rings (SSSR count). The molecule has 0 saturated carbocycles.